The summed E-state index contributed by atoms with van der Waals surface area (Å²) < 4.78 is 2.32. The molecule has 1 aliphatic carbocycles. The molecule has 0 atom stereocenters. The number of rotatable bonds is 6. The van der Waals surface area contributed by atoms with Gasteiger partial charge in [0.15, 0.2) is 0 Å². The van der Waals surface area contributed by atoms with Crippen LogP contribution in [0, 0.1) is 13.8 Å². The molecule has 0 bridgehead atoms. The Balaban J connectivity index is 2.26. The van der Waals surface area contributed by atoms with E-state index in [1.807, 2.05) is 26.8 Å². The Morgan fingerprint density at radius 2 is 1.88 bits per heavy atom. The molecule has 1 aliphatic rings. The molecule has 134 valence electrons. The quantitative estimate of drug-likeness (QED) is 0.857. The molecule has 1 aromatic heterocycles. The Bertz CT molecular complexity index is 598. The maximum Gasteiger partial charge on any atom is 0.305 e. The number of carbonyl (C=O) groups excluding carboxylic acids is 1. The molecule has 1 aromatic rings. The van der Waals surface area contributed by atoms with Gasteiger partial charge in [0.2, 0.25) is 0 Å². The first kappa shape index (κ1) is 18.6. The highest BCUT2D eigenvalue weighted by Crippen LogP contribution is 2.32. The Hall–Kier alpha value is -1.78. The smallest absolute Gasteiger partial charge is 0.305 e. The van der Waals surface area contributed by atoms with Crippen LogP contribution in [0.1, 0.15) is 80.2 Å². The lowest BCUT2D eigenvalue weighted by atomic mass is 9.95. The summed E-state index contributed by atoms with van der Waals surface area (Å²) in [5.74, 6) is -0.928. The second kappa shape index (κ2) is 7.86. The molecule has 0 saturated heterocycles. The van der Waals surface area contributed by atoms with Crippen molar-refractivity contribution in [3.63, 3.8) is 0 Å². The van der Waals surface area contributed by atoms with Crippen molar-refractivity contribution in [1.29, 1.82) is 0 Å². The van der Waals surface area contributed by atoms with Gasteiger partial charge in [0.1, 0.15) is 0 Å². The average molecular weight is 334 g/mol. The molecular weight excluding hydrogens is 304 g/mol. The van der Waals surface area contributed by atoms with Crippen LogP contribution in [-0.4, -0.2) is 39.0 Å². The van der Waals surface area contributed by atoms with Crippen LogP contribution >= 0.6 is 0 Å². The van der Waals surface area contributed by atoms with E-state index >= 15 is 0 Å². The number of carboxylic acids is 1. The van der Waals surface area contributed by atoms with E-state index in [0.717, 1.165) is 17.0 Å². The minimum Gasteiger partial charge on any atom is -0.481 e. The molecule has 1 heterocycles. The van der Waals surface area contributed by atoms with E-state index in [1.165, 1.54) is 32.1 Å². The standard InChI is InChI=1S/C19H30N2O3/c1-13(2)20(11-10-18(22)23)19(24)17-12-14(3)21(15(17)4)16-8-6-5-7-9-16/h12-13,16H,5-11H2,1-4H3,(H,22,23). The molecule has 1 saturated carbocycles. The summed E-state index contributed by atoms with van der Waals surface area (Å²) in [6, 6.07) is 2.45. The molecule has 1 fully saturated rings. The molecule has 1 N–H and O–H groups in total. The van der Waals surface area contributed by atoms with Crippen LogP contribution in [0.4, 0.5) is 0 Å². The van der Waals surface area contributed by atoms with E-state index in [1.54, 1.807) is 4.90 Å². The van der Waals surface area contributed by atoms with Crippen LogP contribution in [0.3, 0.4) is 0 Å². The average Bonchev–Trinajstić information content (AvgIpc) is 2.82. The van der Waals surface area contributed by atoms with Crippen LogP contribution in [0.25, 0.3) is 0 Å². The predicted molar refractivity (Wildman–Crippen MR) is 94.5 cm³/mol. The van der Waals surface area contributed by atoms with Gasteiger partial charge in [-0.15, -0.1) is 0 Å². The fourth-order valence-corrected chi connectivity index (χ4v) is 3.86. The van der Waals surface area contributed by atoms with Crippen molar-refractivity contribution in [1.82, 2.24) is 9.47 Å². The molecule has 0 spiro atoms. The largest absolute Gasteiger partial charge is 0.481 e. The zero-order valence-electron chi connectivity index (χ0n) is 15.3. The maximum absolute atomic E-state index is 13.0. The topological polar surface area (TPSA) is 62.5 Å². The number of aliphatic carboxylic acids is 1. The Kier molecular flexibility index (Phi) is 6.08. The van der Waals surface area contributed by atoms with E-state index in [4.69, 9.17) is 5.11 Å². The van der Waals surface area contributed by atoms with E-state index < -0.39 is 5.97 Å². The number of nitrogens with zero attached hydrogens (tertiary/aromatic N) is 2. The summed E-state index contributed by atoms with van der Waals surface area (Å²) in [6.45, 7) is 8.19. The van der Waals surface area contributed by atoms with Crippen LogP contribution in [0.15, 0.2) is 6.07 Å². The Labute approximate surface area is 144 Å². The van der Waals surface area contributed by atoms with E-state index in [-0.39, 0.29) is 24.9 Å². The lowest BCUT2D eigenvalue weighted by molar-refractivity contribution is -0.137. The molecule has 5 nitrogen and oxygen atoms in total. The normalized spacial score (nSPS) is 15.7. The zero-order valence-corrected chi connectivity index (χ0v) is 15.3. The van der Waals surface area contributed by atoms with E-state index in [0.29, 0.717) is 6.04 Å². The molecular formula is C19H30N2O3. The highest BCUT2D eigenvalue weighted by Gasteiger charge is 2.26. The van der Waals surface area contributed by atoms with Crippen molar-refractivity contribution in [3.8, 4) is 0 Å². The minimum absolute atomic E-state index is 0.0189. The first-order chi connectivity index (χ1) is 11.3. The Morgan fingerprint density at radius 1 is 1.25 bits per heavy atom. The Morgan fingerprint density at radius 3 is 2.42 bits per heavy atom. The van der Waals surface area contributed by atoms with Crippen molar-refractivity contribution >= 4 is 11.9 Å². The van der Waals surface area contributed by atoms with Crippen molar-refractivity contribution in [2.45, 2.75) is 78.3 Å². The minimum atomic E-state index is -0.874. The van der Waals surface area contributed by atoms with Gasteiger partial charge in [-0.25, -0.2) is 0 Å². The highest BCUT2D eigenvalue weighted by molar-refractivity contribution is 5.96. The molecule has 1 amide bonds. The van der Waals surface area contributed by atoms with Crippen LogP contribution in [-0.2, 0) is 4.79 Å². The van der Waals surface area contributed by atoms with Crippen molar-refractivity contribution in [2.75, 3.05) is 6.54 Å². The fraction of sp³-hybridized carbons (Fsp3) is 0.684. The van der Waals surface area contributed by atoms with Crippen molar-refractivity contribution in [2.24, 2.45) is 0 Å². The molecule has 5 heteroatoms. The number of amides is 1. The maximum atomic E-state index is 13.0. The van der Waals surface area contributed by atoms with Gasteiger partial charge in [-0.1, -0.05) is 19.3 Å². The monoisotopic (exact) mass is 334 g/mol. The first-order valence-electron chi connectivity index (χ1n) is 9.04. The summed E-state index contributed by atoms with van der Waals surface area (Å²) >= 11 is 0. The van der Waals surface area contributed by atoms with Crippen LogP contribution in [0.2, 0.25) is 0 Å². The molecule has 0 aromatic carbocycles. The molecule has 0 aliphatic heterocycles. The van der Waals surface area contributed by atoms with Gasteiger partial charge in [0.05, 0.1) is 12.0 Å². The molecule has 2 rings (SSSR count). The third-order valence-corrected chi connectivity index (χ3v) is 5.11. The number of aromatic nitrogens is 1. The molecule has 0 radical (unpaired) electrons. The number of carboxylic acid groups (broad SMARTS) is 1. The van der Waals surface area contributed by atoms with Gasteiger partial charge in [0.25, 0.3) is 5.91 Å². The van der Waals surface area contributed by atoms with Crippen molar-refractivity contribution < 1.29 is 14.7 Å². The lowest BCUT2D eigenvalue weighted by Gasteiger charge is -2.28. The van der Waals surface area contributed by atoms with Gasteiger partial charge < -0.3 is 14.6 Å². The lowest BCUT2D eigenvalue weighted by Crippen LogP contribution is -2.38. The summed E-state index contributed by atoms with van der Waals surface area (Å²) in [6.07, 6.45) is 6.14. The van der Waals surface area contributed by atoms with Gasteiger partial charge in [-0.2, -0.15) is 0 Å². The van der Waals surface area contributed by atoms with Crippen LogP contribution < -0.4 is 0 Å². The van der Waals surface area contributed by atoms with E-state index in [9.17, 15) is 9.59 Å². The summed E-state index contributed by atoms with van der Waals surface area (Å²) in [7, 11) is 0. The van der Waals surface area contributed by atoms with Crippen molar-refractivity contribution in [3.05, 3.63) is 23.0 Å². The van der Waals surface area contributed by atoms with Gasteiger partial charge in [-0.3, -0.25) is 9.59 Å². The summed E-state index contributed by atoms with van der Waals surface area (Å²) in [4.78, 5) is 25.5. The zero-order chi connectivity index (χ0) is 17.9. The highest BCUT2D eigenvalue weighted by atomic mass is 16.4. The SMILES string of the molecule is Cc1cc(C(=O)N(CCC(=O)O)C(C)C)c(C)n1C1CCCCC1. The van der Waals surface area contributed by atoms with E-state index in [2.05, 4.69) is 11.5 Å². The van der Waals surface area contributed by atoms with Gasteiger partial charge >= 0.3 is 5.97 Å². The van der Waals surface area contributed by atoms with Gasteiger partial charge in [-0.05, 0) is 46.6 Å². The molecule has 0 unspecified atom stereocenters. The van der Waals surface area contributed by atoms with Gasteiger partial charge in [0, 0.05) is 30.0 Å². The third kappa shape index (κ3) is 4.00. The number of carbonyl (C=O) groups is 2. The first-order valence-corrected chi connectivity index (χ1v) is 9.04. The molecule has 24 heavy (non-hydrogen) atoms. The summed E-state index contributed by atoms with van der Waals surface area (Å²) in [5, 5.41) is 8.93. The second-order valence-corrected chi connectivity index (χ2v) is 7.18. The number of aryl methyl sites for hydroxylation is 1. The van der Waals surface area contributed by atoms with Crippen LogP contribution in [0.5, 0.6) is 0 Å². The number of hydrogen-bond acceptors (Lipinski definition) is 2. The fourth-order valence-electron chi connectivity index (χ4n) is 3.86. The number of hydrogen-bond donors (Lipinski definition) is 1. The predicted octanol–water partition coefficient (Wildman–Crippen LogP) is 3.94. The second-order valence-electron chi connectivity index (χ2n) is 7.18. The third-order valence-electron chi connectivity index (χ3n) is 5.11. The summed E-state index contributed by atoms with van der Waals surface area (Å²) in [5.41, 5.74) is 2.87.